The summed E-state index contributed by atoms with van der Waals surface area (Å²) in [5.41, 5.74) is 0. The second kappa shape index (κ2) is 31.3. The van der Waals surface area contributed by atoms with Crippen LogP contribution in [0.5, 0.6) is 0 Å². The van der Waals surface area contributed by atoms with Crippen molar-refractivity contribution in [1.82, 2.24) is 4.90 Å². The van der Waals surface area contributed by atoms with Crippen molar-refractivity contribution < 1.29 is 19.1 Å². The molecule has 2 unspecified atom stereocenters. The van der Waals surface area contributed by atoms with E-state index in [1.165, 1.54) is 89.9 Å². The number of carbonyl (C=O) groups excluding carboxylic acids is 2. The minimum atomic E-state index is -0.320. The lowest BCUT2D eigenvalue weighted by Crippen LogP contribution is -2.28. The van der Waals surface area contributed by atoms with Gasteiger partial charge in [-0.15, -0.1) is 0 Å². The first-order valence-corrected chi connectivity index (χ1v) is 18.4. The van der Waals surface area contributed by atoms with Crippen LogP contribution in [-0.4, -0.2) is 50.2 Å². The van der Waals surface area contributed by atoms with E-state index in [1.807, 2.05) is 0 Å². The van der Waals surface area contributed by atoms with Gasteiger partial charge in [-0.2, -0.15) is 0 Å². The van der Waals surface area contributed by atoms with Crippen molar-refractivity contribution in [2.45, 2.75) is 194 Å². The van der Waals surface area contributed by atoms with E-state index in [2.05, 4.69) is 39.8 Å². The Hall–Kier alpha value is -1.10. The van der Waals surface area contributed by atoms with Crippen molar-refractivity contribution >= 4 is 11.9 Å². The summed E-state index contributed by atoms with van der Waals surface area (Å²) >= 11 is 0. The highest BCUT2D eigenvalue weighted by atomic mass is 16.6. The Morgan fingerprint density at radius 3 is 1.48 bits per heavy atom. The minimum absolute atomic E-state index is 0.0214. The van der Waals surface area contributed by atoms with E-state index >= 15 is 0 Å². The zero-order valence-corrected chi connectivity index (χ0v) is 29.0. The third-order valence-corrected chi connectivity index (χ3v) is 8.47. The molecule has 0 saturated heterocycles. The van der Waals surface area contributed by atoms with Gasteiger partial charge in [0.05, 0.1) is 5.92 Å². The number of hydrogen-bond donors (Lipinski definition) is 0. The minimum Gasteiger partial charge on any atom is -0.462 e. The Morgan fingerprint density at radius 1 is 0.548 bits per heavy atom. The van der Waals surface area contributed by atoms with Crippen LogP contribution < -0.4 is 0 Å². The molecule has 0 N–H and O–H groups in total. The van der Waals surface area contributed by atoms with Crippen LogP contribution in [0.4, 0.5) is 0 Å². The Morgan fingerprint density at radius 2 is 0.976 bits per heavy atom. The molecule has 5 heteroatoms. The molecule has 0 aliphatic carbocycles. The first-order valence-electron chi connectivity index (χ1n) is 18.4. The zero-order chi connectivity index (χ0) is 31.1. The maximum Gasteiger partial charge on any atom is 0.309 e. The maximum atomic E-state index is 13.2. The molecule has 42 heavy (non-hydrogen) atoms. The normalized spacial score (nSPS) is 12.9. The van der Waals surface area contributed by atoms with Crippen molar-refractivity contribution in [3.05, 3.63) is 0 Å². The second-order valence-corrected chi connectivity index (χ2v) is 13.1. The van der Waals surface area contributed by atoms with Crippen LogP contribution in [0.1, 0.15) is 188 Å². The highest BCUT2D eigenvalue weighted by molar-refractivity contribution is 5.72. The van der Waals surface area contributed by atoms with Crippen LogP contribution in [0.15, 0.2) is 0 Å². The van der Waals surface area contributed by atoms with Crippen molar-refractivity contribution in [3.8, 4) is 0 Å². The van der Waals surface area contributed by atoms with Crippen molar-refractivity contribution in [3.63, 3.8) is 0 Å². The van der Waals surface area contributed by atoms with Crippen LogP contribution in [0.25, 0.3) is 0 Å². The van der Waals surface area contributed by atoms with Gasteiger partial charge < -0.3 is 14.4 Å². The number of hydrogen-bond acceptors (Lipinski definition) is 5. The van der Waals surface area contributed by atoms with E-state index in [1.54, 1.807) is 0 Å². The molecule has 250 valence electrons. The molecular weight excluding hydrogens is 522 g/mol. The molecule has 0 aliphatic heterocycles. The lowest BCUT2D eigenvalue weighted by molar-refractivity contribution is -0.162. The molecule has 0 radical (unpaired) electrons. The number of esters is 2. The van der Waals surface area contributed by atoms with Gasteiger partial charge in [0, 0.05) is 6.42 Å². The van der Waals surface area contributed by atoms with Gasteiger partial charge in [-0.1, -0.05) is 143 Å². The fraction of sp³-hybridized carbons (Fsp3) is 0.946. The lowest BCUT2D eigenvalue weighted by atomic mass is 9.94. The SMILES string of the molecule is CCCCCCCCCCCCC(COC(=O)C(CCCCC)CCCCCCCCC)OC(=O)CCCCN(C)C. The molecule has 0 spiro atoms. The summed E-state index contributed by atoms with van der Waals surface area (Å²) < 4.78 is 11.8. The van der Waals surface area contributed by atoms with Crippen LogP contribution >= 0.6 is 0 Å². The van der Waals surface area contributed by atoms with E-state index in [0.29, 0.717) is 6.42 Å². The third kappa shape index (κ3) is 27.7. The summed E-state index contributed by atoms with van der Waals surface area (Å²) in [4.78, 5) is 27.9. The number of carbonyl (C=O) groups is 2. The van der Waals surface area contributed by atoms with Gasteiger partial charge in [0.15, 0.2) is 0 Å². The van der Waals surface area contributed by atoms with E-state index < -0.39 is 0 Å². The predicted octanol–water partition coefficient (Wildman–Crippen LogP) is 10.8. The van der Waals surface area contributed by atoms with Crippen LogP contribution in [0.2, 0.25) is 0 Å². The first kappa shape index (κ1) is 40.9. The zero-order valence-electron chi connectivity index (χ0n) is 29.0. The Labute approximate surface area is 262 Å². The lowest BCUT2D eigenvalue weighted by Gasteiger charge is -2.21. The van der Waals surface area contributed by atoms with Gasteiger partial charge in [-0.3, -0.25) is 9.59 Å². The second-order valence-electron chi connectivity index (χ2n) is 13.1. The van der Waals surface area contributed by atoms with E-state index in [-0.39, 0.29) is 30.6 Å². The predicted molar refractivity (Wildman–Crippen MR) is 180 cm³/mol. The van der Waals surface area contributed by atoms with Crippen LogP contribution in [-0.2, 0) is 19.1 Å². The molecule has 0 rings (SSSR count). The molecule has 0 amide bonds. The third-order valence-electron chi connectivity index (χ3n) is 8.47. The summed E-state index contributed by atoms with van der Waals surface area (Å²) in [5, 5.41) is 0. The largest absolute Gasteiger partial charge is 0.462 e. The number of nitrogens with zero attached hydrogens (tertiary/aromatic N) is 1. The number of ether oxygens (including phenoxy) is 2. The standard InChI is InChI=1S/C37H73NO4/c1-6-9-12-14-16-17-18-20-22-25-30-35(42-36(39)31-26-27-32-38(4)5)33-41-37(40)34(28-23-11-8-3)29-24-21-19-15-13-10-7-2/h34-35H,6-33H2,1-5H3. The van der Waals surface area contributed by atoms with Crippen LogP contribution in [0, 0.1) is 5.92 Å². The summed E-state index contributed by atoms with van der Waals surface area (Å²) in [6, 6.07) is 0. The molecule has 0 aromatic rings. The molecular formula is C37H73NO4. The molecule has 2 atom stereocenters. The highest BCUT2D eigenvalue weighted by Crippen LogP contribution is 2.21. The summed E-state index contributed by atoms with van der Waals surface area (Å²) in [6.45, 7) is 7.91. The molecule has 0 heterocycles. The van der Waals surface area contributed by atoms with Crippen LogP contribution in [0.3, 0.4) is 0 Å². The van der Waals surface area contributed by atoms with Gasteiger partial charge in [0.2, 0.25) is 0 Å². The molecule has 0 aliphatic rings. The summed E-state index contributed by atoms with van der Waals surface area (Å²) in [6.07, 6.45) is 29.5. The molecule has 0 aromatic heterocycles. The van der Waals surface area contributed by atoms with Crippen molar-refractivity contribution in [1.29, 1.82) is 0 Å². The van der Waals surface area contributed by atoms with Gasteiger partial charge in [-0.05, 0) is 59.2 Å². The Kier molecular flexibility index (Phi) is 30.5. The monoisotopic (exact) mass is 596 g/mol. The van der Waals surface area contributed by atoms with Gasteiger partial charge in [-0.25, -0.2) is 0 Å². The Bertz CT molecular complexity index is 594. The highest BCUT2D eigenvalue weighted by Gasteiger charge is 2.22. The summed E-state index contributed by atoms with van der Waals surface area (Å²) in [7, 11) is 4.11. The van der Waals surface area contributed by atoms with E-state index in [0.717, 1.165) is 77.2 Å². The van der Waals surface area contributed by atoms with E-state index in [4.69, 9.17) is 9.47 Å². The number of unbranched alkanes of at least 4 members (excludes halogenated alkanes) is 18. The molecule has 0 aromatic carbocycles. The quantitative estimate of drug-likeness (QED) is 0.0572. The fourth-order valence-electron chi connectivity index (χ4n) is 5.64. The fourth-order valence-corrected chi connectivity index (χ4v) is 5.64. The molecule has 0 bridgehead atoms. The Balaban J connectivity index is 4.71. The van der Waals surface area contributed by atoms with Gasteiger partial charge in [0.25, 0.3) is 0 Å². The van der Waals surface area contributed by atoms with Crippen molar-refractivity contribution in [2.24, 2.45) is 5.92 Å². The first-order chi connectivity index (χ1) is 20.4. The topological polar surface area (TPSA) is 55.8 Å². The molecule has 0 saturated carbocycles. The number of rotatable bonds is 32. The smallest absolute Gasteiger partial charge is 0.309 e. The average molecular weight is 596 g/mol. The van der Waals surface area contributed by atoms with Crippen molar-refractivity contribution in [2.75, 3.05) is 27.2 Å². The average Bonchev–Trinajstić information content (AvgIpc) is 2.97. The van der Waals surface area contributed by atoms with Gasteiger partial charge in [0.1, 0.15) is 12.7 Å². The summed E-state index contributed by atoms with van der Waals surface area (Å²) in [5.74, 6) is -0.247. The van der Waals surface area contributed by atoms with Gasteiger partial charge >= 0.3 is 11.9 Å². The van der Waals surface area contributed by atoms with E-state index in [9.17, 15) is 9.59 Å². The maximum absolute atomic E-state index is 13.2. The molecule has 0 fully saturated rings. The molecule has 5 nitrogen and oxygen atoms in total.